The van der Waals surface area contributed by atoms with Gasteiger partial charge in [0.05, 0.1) is 19.9 Å². The van der Waals surface area contributed by atoms with Gasteiger partial charge >= 0.3 is 6.03 Å². The summed E-state index contributed by atoms with van der Waals surface area (Å²) in [6.07, 6.45) is -1.08. The van der Waals surface area contributed by atoms with Crippen LogP contribution in [0.4, 0.5) is 19.3 Å². The molecule has 0 unspecified atom stereocenters. The van der Waals surface area contributed by atoms with Crippen molar-refractivity contribution in [2.24, 2.45) is 0 Å². The van der Waals surface area contributed by atoms with Crippen molar-refractivity contribution in [3.05, 3.63) is 53.6 Å². The number of methoxy groups -OCH3 is 2. The van der Waals surface area contributed by atoms with Crippen LogP contribution in [0.3, 0.4) is 0 Å². The number of ether oxygens (including phenoxy) is 2. The Balaban J connectivity index is 1.99. The first-order chi connectivity index (χ1) is 11.9. The number of carbonyl (C=O) groups is 1. The van der Waals surface area contributed by atoms with Gasteiger partial charge in [0.25, 0.3) is 0 Å². The van der Waals surface area contributed by atoms with Gasteiger partial charge in [0.2, 0.25) is 0 Å². The standard InChI is InChI=1S/C17H18F2N2O4/c1-24-11-4-6-16(25-2)12(8-11)15(22)9-20-17(23)21-14-5-3-10(18)7-13(14)19/h3-8,15,22H,9H2,1-2H3,(H2,20,21,23)/t15-/m0/s1. The van der Waals surface area contributed by atoms with Crippen molar-refractivity contribution in [3.63, 3.8) is 0 Å². The maximum Gasteiger partial charge on any atom is 0.319 e. The van der Waals surface area contributed by atoms with Gasteiger partial charge in [0.1, 0.15) is 29.2 Å². The lowest BCUT2D eigenvalue weighted by atomic mass is 10.1. The van der Waals surface area contributed by atoms with Crippen LogP contribution in [0.2, 0.25) is 0 Å². The van der Waals surface area contributed by atoms with Crippen LogP contribution in [0.25, 0.3) is 0 Å². The Bertz CT molecular complexity index is 755. The van der Waals surface area contributed by atoms with Gasteiger partial charge < -0.3 is 25.2 Å². The Morgan fingerprint density at radius 3 is 2.56 bits per heavy atom. The van der Waals surface area contributed by atoms with Gasteiger partial charge in [-0.1, -0.05) is 0 Å². The van der Waals surface area contributed by atoms with E-state index in [0.717, 1.165) is 12.1 Å². The molecule has 0 aliphatic rings. The van der Waals surface area contributed by atoms with Crippen LogP contribution in [0.5, 0.6) is 11.5 Å². The molecule has 0 aliphatic heterocycles. The fraction of sp³-hybridized carbons (Fsp3) is 0.235. The number of aliphatic hydroxyl groups is 1. The summed E-state index contributed by atoms with van der Waals surface area (Å²) in [6, 6.07) is 6.93. The van der Waals surface area contributed by atoms with E-state index in [4.69, 9.17) is 9.47 Å². The second-order valence-corrected chi connectivity index (χ2v) is 5.08. The molecule has 0 fully saturated rings. The summed E-state index contributed by atoms with van der Waals surface area (Å²) in [5, 5.41) is 14.9. The van der Waals surface area contributed by atoms with E-state index < -0.39 is 23.8 Å². The number of benzene rings is 2. The molecule has 3 N–H and O–H groups in total. The molecule has 8 heteroatoms. The largest absolute Gasteiger partial charge is 0.497 e. The van der Waals surface area contributed by atoms with Crippen molar-refractivity contribution in [2.45, 2.75) is 6.10 Å². The molecule has 6 nitrogen and oxygen atoms in total. The molecule has 1 atom stereocenters. The van der Waals surface area contributed by atoms with Crippen LogP contribution in [0.15, 0.2) is 36.4 Å². The quantitative estimate of drug-likeness (QED) is 0.747. The van der Waals surface area contributed by atoms with Gasteiger partial charge in [-0.25, -0.2) is 13.6 Å². The molecule has 0 spiro atoms. The number of aliphatic hydroxyl groups excluding tert-OH is 1. The summed E-state index contributed by atoms with van der Waals surface area (Å²) in [5.74, 6) is -0.693. The van der Waals surface area contributed by atoms with Crippen molar-refractivity contribution in [2.75, 3.05) is 26.1 Å². The molecule has 25 heavy (non-hydrogen) atoms. The molecule has 0 radical (unpaired) electrons. The molecule has 0 aromatic heterocycles. The summed E-state index contributed by atoms with van der Waals surface area (Å²) in [6.45, 7) is -0.155. The maximum atomic E-state index is 13.5. The fourth-order valence-electron chi connectivity index (χ4n) is 2.16. The lowest BCUT2D eigenvalue weighted by molar-refractivity contribution is 0.170. The zero-order chi connectivity index (χ0) is 18.4. The summed E-state index contributed by atoms with van der Waals surface area (Å²) in [7, 11) is 2.94. The Hall–Kier alpha value is -2.87. The predicted octanol–water partition coefficient (Wildman–Crippen LogP) is 2.84. The first-order valence-electron chi connectivity index (χ1n) is 7.34. The highest BCUT2D eigenvalue weighted by atomic mass is 19.1. The SMILES string of the molecule is COc1ccc(OC)c([C@@H](O)CNC(=O)Nc2ccc(F)cc2F)c1. The maximum absolute atomic E-state index is 13.5. The molecule has 2 rings (SSSR count). The minimum absolute atomic E-state index is 0.155. The van der Waals surface area contributed by atoms with E-state index in [1.165, 1.54) is 14.2 Å². The Morgan fingerprint density at radius 1 is 1.16 bits per heavy atom. The summed E-state index contributed by atoms with van der Waals surface area (Å²) in [4.78, 5) is 11.8. The van der Waals surface area contributed by atoms with E-state index in [9.17, 15) is 18.7 Å². The summed E-state index contributed by atoms with van der Waals surface area (Å²) >= 11 is 0. The molecule has 2 aromatic carbocycles. The van der Waals surface area contributed by atoms with E-state index in [1.807, 2.05) is 0 Å². The number of urea groups is 1. The van der Waals surface area contributed by atoms with Crippen LogP contribution in [-0.4, -0.2) is 31.9 Å². The molecule has 0 heterocycles. The molecule has 2 amide bonds. The zero-order valence-electron chi connectivity index (χ0n) is 13.7. The number of nitrogens with one attached hydrogen (secondary N) is 2. The average Bonchev–Trinajstić information content (AvgIpc) is 2.61. The summed E-state index contributed by atoms with van der Waals surface area (Å²) in [5.41, 5.74) is 0.252. The number of amides is 2. The van der Waals surface area contributed by atoms with Gasteiger partial charge in [-0.3, -0.25) is 0 Å². The highest BCUT2D eigenvalue weighted by molar-refractivity contribution is 5.89. The van der Waals surface area contributed by atoms with E-state index >= 15 is 0 Å². The van der Waals surface area contributed by atoms with Crippen LogP contribution in [0.1, 0.15) is 11.7 Å². The van der Waals surface area contributed by atoms with Crippen molar-refractivity contribution >= 4 is 11.7 Å². The average molecular weight is 352 g/mol. The first-order valence-corrected chi connectivity index (χ1v) is 7.34. The normalized spacial score (nSPS) is 11.6. The highest BCUT2D eigenvalue weighted by Crippen LogP contribution is 2.29. The number of hydrogen-bond donors (Lipinski definition) is 3. The Morgan fingerprint density at radius 2 is 1.92 bits per heavy atom. The van der Waals surface area contributed by atoms with Gasteiger partial charge in [-0.05, 0) is 30.3 Å². The Labute approximate surface area is 143 Å². The van der Waals surface area contributed by atoms with Gasteiger partial charge in [-0.15, -0.1) is 0 Å². The topological polar surface area (TPSA) is 79.8 Å². The van der Waals surface area contributed by atoms with Crippen molar-refractivity contribution in [1.29, 1.82) is 0 Å². The highest BCUT2D eigenvalue weighted by Gasteiger charge is 2.16. The van der Waals surface area contributed by atoms with Crippen LogP contribution < -0.4 is 20.1 Å². The zero-order valence-corrected chi connectivity index (χ0v) is 13.7. The third-order valence-electron chi connectivity index (χ3n) is 3.43. The molecule has 0 saturated carbocycles. The number of rotatable bonds is 6. The van der Waals surface area contributed by atoms with Gasteiger partial charge in [0, 0.05) is 18.2 Å². The van der Waals surface area contributed by atoms with Crippen LogP contribution >= 0.6 is 0 Å². The third-order valence-corrected chi connectivity index (χ3v) is 3.43. The molecule has 0 aliphatic carbocycles. The van der Waals surface area contributed by atoms with Crippen molar-refractivity contribution in [3.8, 4) is 11.5 Å². The van der Waals surface area contributed by atoms with E-state index in [0.29, 0.717) is 23.1 Å². The lowest BCUT2D eigenvalue weighted by Crippen LogP contribution is -2.32. The molecular weight excluding hydrogens is 334 g/mol. The lowest BCUT2D eigenvalue weighted by Gasteiger charge is -2.17. The first kappa shape index (κ1) is 18.5. The van der Waals surface area contributed by atoms with E-state index in [1.54, 1.807) is 18.2 Å². The number of carbonyl (C=O) groups excluding carboxylic acids is 1. The minimum Gasteiger partial charge on any atom is -0.497 e. The van der Waals surface area contributed by atoms with Gasteiger partial charge in [0.15, 0.2) is 0 Å². The second-order valence-electron chi connectivity index (χ2n) is 5.08. The monoisotopic (exact) mass is 352 g/mol. The van der Waals surface area contributed by atoms with Crippen LogP contribution in [-0.2, 0) is 0 Å². The Kier molecular flexibility index (Phi) is 6.13. The van der Waals surface area contributed by atoms with Gasteiger partial charge in [-0.2, -0.15) is 0 Å². The molecule has 134 valence electrons. The second kappa shape index (κ2) is 8.29. The fourth-order valence-corrected chi connectivity index (χ4v) is 2.16. The van der Waals surface area contributed by atoms with Crippen molar-refractivity contribution in [1.82, 2.24) is 5.32 Å². The minimum atomic E-state index is -1.08. The van der Waals surface area contributed by atoms with E-state index in [2.05, 4.69) is 10.6 Å². The summed E-state index contributed by atoms with van der Waals surface area (Å²) < 4.78 is 36.6. The van der Waals surface area contributed by atoms with Crippen molar-refractivity contribution < 1.29 is 28.2 Å². The molecular formula is C17H18F2N2O4. The molecule has 0 saturated heterocycles. The number of hydrogen-bond acceptors (Lipinski definition) is 4. The van der Waals surface area contributed by atoms with E-state index in [-0.39, 0.29) is 12.2 Å². The number of anilines is 1. The smallest absolute Gasteiger partial charge is 0.319 e. The molecule has 2 aromatic rings. The number of halogens is 2. The van der Waals surface area contributed by atoms with Crippen LogP contribution in [0, 0.1) is 11.6 Å². The third kappa shape index (κ3) is 4.80. The molecule has 0 bridgehead atoms. The predicted molar refractivity (Wildman–Crippen MR) is 87.9 cm³/mol.